The predicted octanol–water partition coefficient (Wildman–Crippen LogP) is 3.32. The minimum Gasteiger partial charge on any atom is -0.495 e. The van der Waals surface area contributed by atoms with E-state index >= 15 is 0 Å². The normalized spacial score (nSPS) is 15.4. The second kappa shape index (κ2) is 11.1. The number of rotatable bonds is 7. The molecule has 1 fully saturated rings. The standard InChI is InChI=1S/C24H27N3O6S/c1-17(23(28)26-20-9-7-8-18(14-20)16-25)33-24(29)19-10-11-21(32-2)22(15-19)34(30,31)27-12-5-3-4-6-13-27/h7-11,14-15,17H,3-6,12-13H2,1-2H3,(H,26,28). The maximum atomic E-state index is 13.3. The third-order valence-corrected chi connectivity index (χ3v) is 7.41. The van der Waals surface area contributed by atoms with Gasteiger partial charge in [0, 0.05) is 18.8 Å². The fourth-order valence-electron chi connectivity index (χ4n) is 3.62. The predicted molar refractivity (Wildman–Crippen MR) is 125 cm³/mol. The highest BCUT2D eigenvalue weighted by molar-refractivity contribution is 7.89. The fourth-order valence-corrected chi connectivity index (χ4v) is 5.32. The number of ether oxygens (including phenoxy) is 2. The lowest BCUT2D eigenvalue weighted by Crippen LogP contribution is -2.32. The van der Waals surface area contributed by atoms with Crippen LogP contribution in [0.15, 0.2) is 47.4 Å². The number of carbonyl (C=O) groups excluding carboxylic acids is 2. The molecule has 1 N–H and O–H groups in total. The van der Waals surface area contributed by atoms with E-state index in [9.17, 15) is 18.0 Å². The van der Waals surface area contributed by atoms with Crippen molar-refractivity contribution < 1.29 is 27.5 Å². The van der Waals surface area contributed by atoms with E-state index in [1.54, 1.807) is 18.2 Å². The summed E-state index contributed by atoms with van der Waals surface area (Å²) >= 11 is 0. The summed E-state index contributed by atoms with van der Waals surface area (Å²) in [5.41, 5.74) is 0.751. The van der Waals surface area contributed by atoms with Crippen LogP contribution in [0.2, 0.25) is 0 Å². The molecule has 1 heterocycles. The minimum atomic E-state index is -3.88. The van der Waals surface area contributed by atoms with Gasteiger partial charge in [0.05, 0.1) is 24.3 Å². The Morgan fingerprint density at radius 3 is 2.44 bits per heavy atom. The third-order valence-electron chi connectivity index (χ3n) is 5.49. The first-order valence-corrected chi connectivity index (χ1v) is 12.4. The van der Waals surface area contributed by atoms with Crippen molar-refractivity contribution in [3.8, 4) is 11.8 Å². The Labute approximate surface area is 199 Å². The zero-order chi connectivity index (χ0) is 24.7. The van der Waals surface area contributed by atoms with Gasteiger partial charge in [-0.05, 0) is 56.2 Å². The van der Waals surface area contributed by atoms with Crippen LogP contribution in [0.4, 0.5) is 5.69 Å². The number of hydrogen-bond acceptors (Lipinski definition) is 7. The molecule has 2 aromatic rings. The van der Waals surface area contributed by atoms with Crippen LogP contribution in [0.1, 0.15) is 48.5 Å². The summed E-state index contributed by atoms with van der Waals surface area (Å²) in [4.78, 5) is 25.1. The molecule has 180 valence electrons. The van der Waals surface area contributed by atoms with Gasteiger partial charge in [-0.1, -0.05) is 18.9 Å². The van der Waals surface area contributed by atoms with Gasteiger partial charge < -0.3 is 14.8 Å². The topological polar surface area (TPSA) is 126 Å². The molecule has 1 saturated heterocycles. The van der Waals surface area contributed by atoms with E-state index in [1.807, 2.05) is 6.07 Å². The molecule has 1 aliphatic heterocycles. The van der Waals surface area contributed by atoms with Gasteiger partial charge in [0.2, 0.25) is 10.0 Å². The summed E-state index contributed by atoms with van der Waals surface area (Å²) in [6.07, 6.45) is 2.32. The molecular formula is C24H27N3O6S. The third kappa shape index (κ3) is 5.92. The molecular weight excluding hydrogens is 458 g/mol. The van der Waals surface area contributed by atoms with Crippen LogP contribution in [-0.4, -0.2) is 50.9 Å². The SMILES string of the molecule is COc1ccc(C(=O)OC(C)C(=O)Nc2cccc(C#N)c2)cc1S(=O)(=O)N1CCCCCC1. The largest absolute Gasteiger partial charge is 0.495 e. The average Bonchev–Trinajstić information content (AvgIpc) is 3.14. The lowest BCUT2D eigenvalue weighted by Gasteiger charge is -2.21. The van der Waals surface area contributed by atoms with Crippen LogP contribution >= 0.6 is 0 Å². The average molecular weight is 486 g/mol. The van der Waals surface area contributed by atoms with E-state index in [1.165, 1.54) is 42.6 Å². The summed E-state index contributed by atoms with van der Waals surface area (Å²) in [6, 6.07) is 12.3. The number of nitrogens with zero attached hydrogens (tertiary/aromatic N) is 2. The molecule has 0 saturated carbocycles. The van der Waals surface area contributed by atoms with Crippen molar-refractivity contribution in [2.45, 2.75) is 43.6 Å². The summed E-state index contributed by atoms with van der Waals surface area (Å²) in [7, 11) is -2.52. The number of amides is 1. The van der Waals surface area contributed by atoms with Gasteiger partial charge in [-0.3, -0.25) is 4.79 Å². The number of sulfonamides is 1. The summed E-state index contributed by atoms with van der Waals surface area (Å²) in [6.45, 7) is 2.22. The van der Waals surface area contributed by atoms with Crippen LogP contribution in [0.3, 0.4) is 0 Å². The molecule has 2 aromatic carbocycles. The van der Waals surface area contributed by atoms with Crippen LogP contribution in [0.25, 0.3) is 0 Å². The number of carbonyl (C=O) groups is 2. The lowest BCUT2D eigenvalue weighted by atomic mass is 10.2. The van der Waals surface area contributed by atoms with Crippen molar-refractivity contribution in [3.05, 3.63) is 53.6 Å². The van der Waals surface area contributed by atoms with E-state index in [2.05, 4.69) is 5.32 Å². The Bertz CT molecular complexity index is 1200. The molecule has 0 spiro atoms. The van der Waals surface area contributed by atoms with Crippen molar-refractivity contribution >= 4 is 27.6 Å². The van der Waals surface area contributed by atoms with Gasteiger partial charge in [-0.15, -0.1) is 0 Å². The summed E-state index contributed by atoms with van der Waals surface area (Å²) in [5, 5.41) is 11.6. The van der Waals surface area contributed by atoms with E-state index in [0.29, 0.717) is 24.3 Å². The first-order valence-electron chi connectivity index (χ1n) is 11.0. The zero-order valence-electron chi connectivity index (χ0n) is 19.1. The molecule has 3 rings (SSSR count). The summed E-state index contributed by atoms with van der Waals surface area (Å²) in [5.74, 6) is -1.30. The van der Waals surface area contributed by atoms with Crippen LogP contribution < -0.4 is 10.1 Å². The molecule has 0 aliphatic carbocycles. The highest BCUT2D eigenvalue weighted by atomic mass is 32.2. The van der Waals surface area contributed by atoms with Gasteiger partial charge in [0.25, 0.3) is 5.91 Å². The van der Waals surface area contributed by atoms with Gasteiger partial charge >= 0.3 is 5.97 Å². The minimum absolute atomic E-state index is 0.0136. The first-order chi connectivity index (χ1) is 16.3. The molecule has 1 atom stereocenters. The zero-order valence-corrected chi connectivity index (χ0v) is 19.9. The maximum absolute atomic E-state index is 13.3. The summed E-state index contributed by atoms with van der Waals surface area (Å²) < 4.78 is 38.5. The molecule has 1 aliphatic rings. The van der Waals surface area contributed by atoms with Crippen molar-refractivity contribution in [3.63, 3.8) is 0 Å². The molecule has 34 heavy (non-hydrogen) atoms. The molecule has 9 nitrogen and oxygen atoms in total. The van der Waals surface area contributed by atoms with Crippen LogP contribution in [-0.2, 0) is 19.6 Å². The number of methoxy groups -OCH3 is 1. The van der Waals surface area contributed by atoms with Gasteiger partial charge in [0.1, 0.15) is 10.6 Å². The van der Waals surface area contributed by atoms with Crippen molar-refractivity contribution in [2.75, 3.05) is 25.5 Å². The van der Waals surface area contributed by atoms with Gasteiger partial charge in [-0.25, -0.2) is 13.2 Å². The van der Waals surface area contributed by atoms with Gasteiger partial charge in [-0.2, -0.15) is 9.57 Å². The molecule has 0 bridgehead atoms. The number of esters is 1. The van der Waals surface area contributed by atoms with Gasteiger partial charge in [0.15, 0.2) is 6.10 Å². The van der Waals surface area contributed by atoms with Crippen molar-refractivity contribution in [1.82, 2.24) is 4.31 Å². The quantitative estimate of drug-likeness (QED) is 0.596. The van der Waals surface area contributed by atoms with E-state index in [0.717, 1.165) is 25.7 Å². The van der Waals surface area contributed by atoms with Crippen molar-refractivity contribution in [1.29, 1.82) is 5.26 Å². The van der Waals surface area contributed by atoms with Crippen LogP contribution in [0, 0.1) is 11.3 Å². The Morgan fingerprint density at radius 2 is 1.79 bits per heavy atom. The number of benzene rings is 2. The second-order valence-corrected chi connectivity index (χ2v) is 9.82. The number of anilines is 1. The Hall–Kier alpha value is -3.42. The Balaban J connectivity index is 1.76. The van der Waals surface area contributed by atoms with E-state index in [4.69, 9.17) is 14.7 Å². The Morgan fingerprint density at radius 1 is 1.09 bits per heavy atom. The molecule has 10 heteroatoms. The molecule has 1 unspecified atom stereocenters. The van der Waals surface area contributed by atoms with E-state index in [-0.39, 0.29) is 16.2 Å². The highest BCUT2D eigenvalue weighted by Crippen LogP contribution is 2.29. The Kier molecular flexibility index (Phi) is 8.26. The monoisotopic (exact) mass is 485 g/mol. The highest BCUT2D eigenvalue weighted by Gasteiger charge is 2.30. The lowest BCUT2D eigenvalue weighted by molar-refractivity contribution is -0.123. The van der Waals surface area contributed by atoms with Crippen LogP contribution in [0.5, 0.6) is 5.75 Å². The number of hydrogen-bond donors (Lipinski definition) is 1. The smallest absolute Gasteiger partial charge is 0.338 e. The first kappa shape index (κ1) is 25.2. The number of nitrogens with one attached hydrogen (secondary N) is 1. The fraction of sp³-hybridized carbons (Fsp3) is 0.375. The molecule has 1 amide bonds. The molecule has 0 radical (unpaired) electrons. The number of nitriles is 1. The van der Waals surface area contributed by atoms with E-state index < -0.39 is 28.0 Å². The van der Waals surface area contributed by atoms with Crippen molar-refractivity contribution in [2.24, 2.45) is 0 Å². The molecule has 0 aromatic heterocycles. The second-order valence-electron chi connectivity index (χ2n) is 7.91. The maximum Gasteiger partial charge on any atom is 0.338 e.